The molecule has 1 saturated heterocycles. The van der Waals surface area contributed by atoms with Crippen LogP contribution in [0.3, 0.4) is 0 Å². The first-order chi connectivity index (χ1) is 6.74. The van der Waals surface area contributed by atoms with E-state index >= 15 is 0 Å². The summed E-state index contributed by atoms with van der Waals surface area (Å²) in [6, 6.07) is 0.718. The topological polar surface area (TPSA) is 46.3 Å². The Morgan fingerprint density at radius 3 is 2.21 bits per heavy atom. The van der Waals surface area contributed by atoms with Crippen molar-refractivity contribution in [1.29, 1.82) is 0 Å². The smallest absolute Gasteiger partial charge is 0.116 e. The lowest BCUT2D eigenvalue weighted by Crippen LogP contribution is -2.35. The maximum Gasteiger partial charge on any atom is 0.116 e. The summed E-state index contributed by atoms with van der Waals surface area (Å²) in [6.07, 6.45) is 2.20. The number of hydrogen-bond acceptors (Lipinski definition) is 3. The second-order valence-electron chi connectivity index (χ2n) is 3.64. The molecule has 84 valence electrons. The zero-order chi connectivity index (χ0) is 11.1. The molecule has 3 nitrogen and oxygen atoms in total. The van der Waals surface area contributed by atoms with Crippen molar-refractivity contribution >= 4 is 6.29 Å². The molecule has 3 atom stereocenters. The van der Waals surface area contributed by atoms with Crippen LogP contribution in [0.5, 0.6) is 0 Å². The molecule has 0 bridgehead atoms. The molecule has 14 heavy (non-hydrogen) atoms. The van der Waals surface area contributed by atoms with Crippen LogP contribution in [0, 0.1) is 11.8 Å². The van der Waals surface area contributed by atoms with Crippen LogP contribution in [0.25, 0.3) is 0 Å². The fraction of sp³-hybridized carbons (Fsp3) is 0.909. The summed E-state index contributed by atoms with van der Waals surface area (Å²) >= 11 is 0. The normalized spacial score (nSPS) is 33.1. The van der Waals surface area contributed by atoms with Crippen LogP contribution in [-0.2, 0) is 4.79 Å². The van der Waals surface area contributed by atoms with Crippen molar-refractivity contribution in [2.75, 3.05) is 20.1 Å². The first-order valence-electron chi connectivity index (χ1n) is 5.54. The lowest BCUT2D eigenvalue weighted by Gasteiger charge is -2.20. The van der Waals surface area contributed by atoms with Gasteiger partial charge in [0.1, 0.15) is 6.29 Å². The molecule has 1 aliphatic carbocycles. The number of aldehydes is 1. The van der Waals surface area contributed by atoms with Gasteiger partial charge in [-0.3, -0.25) is 0 Å². The van der Waals surface area contributed by atoms with Gasteiger partial charge in [0.2, 0.25) is 0 Å². The Balaban J connectivity index is 0.000000294. The minimum absolute atomic E-state index is 0.718. The zero-order valence-electron chi connectivity index (χ0n) is 9.86. The second-order valence-corrected chi connectivity index (χ2v) is 3.64. The van der Waals surface area contributed by atoms with Crippen LogP contribution < -0.4 is 5.73 Å². The molecule has 2 aliphatic rings. The minimum Gasteiger partial charge on any atom is -0.329 e. The van der Waals surface area contributed by atoms with Gasteiger partial charge >= 0.3 is 0 Å². The van der Waals surface area contributed by atoms with Crippen molar-refractivity contribution in [3.05, 3.63) is 0 Å². The molecule has 0 aromatic heterocycles. The number of likely N-dealkylation sites (tertiary alicyclic amines) is 1. The van der Waals surface area contributed by atoms with Gasteiger partial charge in [-0.15, -0.1) is 0 Å². The molecule has 2 fully saturated rings. The molecular weight excluding hydrogens is 176 g/mol. The lowest BCUT2D eigenvalue weighted by atomic mass is 10.2. The third-order valence-corrected chi connectivity index (χ3v) is 2.80. The Bertz CT molecular complexity index is 159. The molecule has 0 aromatic rings. The van der Waals surface area contributed by atoms with Gasteiger partial charge in [0, 0.05) is 19.1 Å². The predicted molar refractivity (Wildman–Crippen MR) is 60.2 cm³/mol. The number of piperidine rings is 1. The quantitative estimate of drug-likeness (QED) is 0.645. The Morgan fingerprint density at radius 2 is 2.00 bits per heavy atom. The number of fused-ring (bicyclic) bond motifs is 1. The number of nitrogens with zero attached hydrogens (tertiary/aromatic N) is 1. The van der Waals surface area contributed by atoms with E-state index in [0.29, 0.717) is 0 Å². The fourth-order valence-electron chi connectivity index (χ4n) is 2.14. The molecule has 1 saturated carbocycles. The molecule has 2 N–H and O–H groups in total. The Morgan fingerprint density at radius 1 is 1.50 bits per heavy atom. The summed E-state index contributed by atoms with van der Waals surface area (Å²) < 4.78 is 0. The Kier molecular flexibility index (Phi) is 6.75. The minimum atomic E-state index is 0.718. The monoisotopic (exact) mass is 200 g/mol. The molecule has 0 radical (unpaired) electrons. The van der Waals surface area contributed by atoms with Crippen molar-refractivity contribution in [2.24, 2.45) is 17.6 Å². The summed E-state index contributed by atoms with van der Waals surface area (Å²) in [5.74, 6) is 1.99. The Labute approximate surface area is 87.6 Å². The van der Waals surface area contributed by atoms with Crippen LogP contribution >= 0.6 is 0 Å². The summed E-state index contributed by atoms with van der Waals surface area (Å²) in [5.41, 5.74) is 5.60. The van der Waals surface area contributed by atoms with Gasteiger partial charge in [-0.1, -0.05) is 13.8 Å². The van der Waals surface area contributed by atoms with Crippen molar-refractivity contribution in [1.82, 2.24) is 4.90 Å². The average molecular weight is 200 g/mol. The van der Waals surface area contributed by atoms with Gasteiger partial charge in [-0.05, 0) is 32.2 Å². The van der Waals surface area contributed by atoms with E-state index in [0.717, 1.165) is 30.7 Å². The standard InChI is InChI=1S/C7H14N2.C2H4O.C2H6/c1-9-4-5-2-6(5)7(9)3-8;1-2-3;1-2/h5-7H,2-4,8H2,1H3;2H,1H3;1-2H3. The molecule has 0 spiro atoms. The number of nitrogens with two attached hydrogens (primary N) is 1. The van der Waals surface area contributed by atoms with E-state index in [9.17, 15) is 0 Å². The van der Waals surface area contributed by atoms with Crippen LogP contribution in [0.15, 0.2) is 0 Å². The summed E-state index contributed by atoms with van der Waals surface area (Å²) in [7, 11) is 2.18. The number of likely N-dealkylation sites (N-methyl/N-ethyl adjacent to an activating group) is 1. The third kappa shape index (κ3) is 3.39. The van der Waals surface area contributed by atoms with Gasteiger partial charge < -0.3 is 15.4 Å². The Hall–Kier alpha value is -0.410. The van der Waals surface area contributed by atoms with E-state index in [1.165, 1.54) is 19.9 Å². The zero-order valence-corrected chi connectivity index (χ0v) is 9.86. The third-order valence-electron chi connectivity index (χ3n) is 2.80. The van der Waals surface area contributed by atoms with Gasteiger partial charge in [-0.2, -0.15) is 0 Å². The van der Waals surface area contributed by atoms with Crippen molar-refractivity contribution in [2.45, 2.75) is 33.2 Å². The van der Waals surface area contributed by atoms with Crippen molar-refractivity contribution in [3.8, 4) is 0 Å². The molecular formula is C11H24N2O. The maximum atomic E-state index is 8.81. The van der Waals surface area contributed by atoms with Gasteiger partial charge in [-0.25, -0.2) is 0 Å². The molecule has 1 heterocycles. The van der Waals surface area contributed by atoms with Gasteiger partial charge in [0.05, 0.1) is 0 Å². The molecule has 0 amide bonds. The van der Waals surface area contributed by atoms with E-state index in [4.69, 9.17) is 10.5 Å². The highest BCUT2D eigenvalue weighted by atomic mass is 16.1. The molecule has 2 rings (SSSR count). The molecule has 3 heteroatoms. The number of carbonyl (C=O) groups is 1. The predicted octanol–water partition coefficient (Wildman–Crippen LogP) is 1.13. The largest absolute Gasteiger partial charge is 0.329 e. The van der Waals surface area contributed by atoms with Crippen molar-refractivity contribution in [3.63, 3.8) is 0 Å². The number of carbonyl (C=O) groups excluding carboxylic acids is 1. The van der Waals surface area contributed by atoms with Gasteiger partial charge in [0.15, 0.2) is 0 Å². The molecule has 3 unspecified atom stereocenters. The fourth-order valence-corrected chi connectivity index (χ4v) is 2.14. The van der Waals surface area contributed by atoms with E-state index < -0.39 is 0 Å². The molecule has 0 aromatic carbocycles. The lowest BCUT2D eigenvalue weighted by molar-refractivity contribution is -0.106. The highest BCUT2D eigenvalue weighted by Crippen LogP contribution is 2.48. The van der Waals surface area contributed by atoms with Crippen molar-refractivity contribution < 1.29 is 4.79 Å². The van der Waals surface area contributed by atoms with E-state index in [2.05, 4.69) is 11.9 Å². The highest BCUT2D eigenvalue weighted by Gasteiger charge is 2.50. The summed E-state index contributed by atoms with van der Waals surface area (Å²) in [4.78, 5) is 11.2. The first kappa shape index (κ1) is 13.6. The van der Waals surface area contributed by atoms with Crippen LogP contribution in [0.2, 0.25) is 0 Å². The number of hydrogen-bond donors (Lipinski definition) is 1. The van der Waals surface area contributed by atoms with Crippen LogP contribution in [-0.4, -0.2) is 37.4 Å². The van der Waals surface area contributed by atoms with Gasteiger partial charge in [0.25, 0.3) is 0 Å². The maximum absolute atomic E-state index is 8.81. The second kappa shape index (κ2) is 6.96. The summed E-state index contributed by atoms with van der Waals surface area (Å²) in [5, 5.41) is 0. The summed E-state index contributed by atoms with van der Waals surface area (Å²) in [6.45, 7) is 7.60. The average Bonchev–Trinajstić information content (AvgIpc) is 2.84. The SMILES string of the molecule is CC.CC=O.CN1CC2CC2C1CN. The first-order valence-corrected chi connectivity index (χ1v) is 5.54. The number of rotatable bonds is 1. The highest BCUT2D eigenvalue weighted by molar-refractivity contribution is 5.44. The molecule has 1 aliphatic heterocycles. The van der Waals surface area contributed by atoms with E-state index in [1.807, 2.05) is 13.8 Å². The van der Waals surface area contributed by atoms with E-state index in [-0.39, 0.29) is 0 Å². The van der Waals surface area contributed by atoms with Crippen LogP contribution in [0.4, 0.5) is 0 Å². The van der Waals surface area contributed by atoms with Crippen LogP contribution in [0.1, 0.15) is 27.2 Å². The van der Waals surface area contributed by atoms with E-state index in [1.54, 1.807) is 0 Å².